The maximum atomic E-state index is 9.56. The summed E-state index contributed by atoms with van der Waals surface area (Å²) in [6, 6.07) is 5.88. The number of nitrogens with zero attached hydrogens (tertiary/aromatic N) is 1. The summed E-state index contributed by atoms with van der Waals surface area (Å²) < 4.78 is 0. The van der Waals surface area contributed by atoms with Crippen molar-refractivity contribution in [1.82, 2.24) is 5.32 Å². The van der Waals surface area contributed by atoms with Gasteiger partial charge < -0.3 is 20.4 Å². The molecule has 5 heteroatoms. The van der Waals surface area contributed by atoms with Crippen molar-refractivity contribution in [3.63, 3.8) is 0 Å². The highest BCUT2D eigenvalue weighted by atomic mass is 35.5. The van der Waals surface area contributed by atoms with E-state index in [1.807, 2.05) is 23.1 Å². The van der Waals surface area contributed by atoms with Gasteiger partial charge in [-0.05, 0) is 30.7 Å². The summed E-state index contributed by atoms with van der Waals surface area (Å²) >= 11 is 6.27. The van der Waals surface area contributed by atoms with Crippen LogP contribution in [0.4, 0.5) is 5.69 Å². The Bertz CT molecular complexity index is 418. The Hall–Kier alpha value is -0.810. The Kier molecular flexibility index (Phi) is 5.05. The average molecular weight is 285 g/mol. The first kappa shape index (κ1) is 14.6. The molecule has 0 bridgehead atoms. The van der Waals surface area contributed by atoms with Crippen LogP contribution in [-0.4, -0.2) is 42.1 Å². The van der Waals surface area contributed by atoms with Crippen LogP contribution in [0.3, 0.4) is 0 Å². The fraction of sp³-hybridized carbons (Fsp3) is 0.571. The van der Waals surface area contributed by atoms with Gasteiger partial charge in [0.1, 0.15) is 0 Å². The SMILES string of the molecule is CCCNCc1ccc(N2CC(O)C(O)C2)cc1Cl. The normalized spacial score (nSPS) is 23.1. The van der Waals surface area contributed by atoms with Crippen molar-refractivity contribution in [2.24, 2.45) is 0 Å². The second-order valence-corrected chi connectivity index (χ2v) is 5.40. The van der Waals surface area contributed by atoms with Crippen molar-refractivity contribution in [2.45, 2.75) is 32.1 Å². The molecule has 1 aliphatic heterocycles. The van der Waals surface area contributed by atoms with Crippen molar-refractivity contribution in [2.75, 3.05) is 24.5 Å². The van der Waals surface area contributed by atoms with Crippen LogP contribution in [0.25, 0.3) is 0 Å². The van der Waals surface area contributed by atoms with Gasteiger partial charge >= 0.3 is 0 Å². The highest BCUT2D eigenvalue weighted by Crippen LogP contribution is 2.26. The molecule has 4 nitrogen and oxygen atoms in total. The Labute approximate surface area is 119 Å². The molecule has 19 heavy (non-hydrogen) atoms. The number of aliphatic hydroxyl groups is 2. The molecule has 0 aliphatic carbocycles. The van der Waals surface area contributed by atoms with Gasteiger partial charge in [-0.1, -0.05) is 24.6 Å². The molecule has 1 aromatic rings. The molecule has 1 fully saturated rings. The van der Waals surface area contributed by atoms with Crippen molar-refractivity contribution in [3.8, 4) is 0 Å². The molecule has 0 spiro atoms. The molecule has 0 amide bonds. The van der Waals surface area contributed by atoms with Crippen LogP contribution < -0.4 is 10.2 Å². The zero-order valence-corrected chi connectivity index (χ0v) is 11.9. The van der Waals surface area contributed by atoms with Crippen LogP contribution in [0.15, 0.2) is 18.2 Å². The van der Waals surface area contributed by atoms with E-state index >= 15 is 0 Å². The van der Waals surface area contributed by atoms with Crippen LogP contribution >= 0.6 is 11.6 Å². The van der Waals surface area contributed by atoms with Crippen LogP contribution in [0, 0.1) is 0 Å². The zero-order chi connectivity index (χ0) is 13.8. The largest absolute Gasteiger partial charge is 0.389 e. The number of β-amino-alcohol motifs (C(OH)–C–C–N with tert-alkyl or cyclic N) is 2. The topological polar surface area (TPSA) is 55.7 Å². The van der Waals surface area contributed by atoms with Crippen molar-refractivity contribution < 1.29 is 10.2 Å². The third-order valence-corrected chi connectivity index (χ3v) is 3.75. The van der Waals surface area contributed by atoms with Crippen LogP contribution in [0.5, 0.6) is 0 Å². The smallest absolute Gasteiger partial charge is 0.0990 e. The zero-order valence-electron chi connectivity index (χ0n) is 11.1. The molecule has 0 saturated carbocycles. The number of halogens is 1. The van der Waals surface area contributed by atoms with Gasteiger partial charge in [-0.3, -0.25) is 0 Å². The predicted molar refractivity (Wildman–Crippen MR) is 77.7 cm³/mol. The van der Waals surface area contributed by atoms with Crippen LogP contribution in [-0.2, 0) is 6.54 Å². The molecule has 2 rings (SSSR count). The fourth-order valence-corrected chi connectivity index (χ4v) is 2.50. The van der Waals surface area contributed by atoms with E-state index in [2.05, 4.69) is 12.2 Å². The monoisotopic (exact) mass is 284 g/mol. The Balaban J connectivity index is 2.02. The molecule has 1 aromatic carbocycles. The van der Waals surface area contributed by atoms with Crippen LogP contribution in [0.1, 0.15) is 18.9 Å². The quantitative estimate of drug-likeness (QED) is 0.715. The van der Waals surface area contributed by atoms with Crippen LogP contribution in [0.2, 0.25) is 5.02 Å². The lowest BCUT2D eigenvalue weighted by molar-refractivity contribution is 0.0572. The molecular weight excluding hydrogens is 264 g/mol. The van der Waals surface area contributed by atoms with E-state index in [9.17, 15) is 10.2 Å². The Morgan fingerprint density at radius 1 is 1.32 bits per heavy atom. The van der Waals surface area contributed by atoms with Gasteiger partial charge in [-0.15, -0.1) is 0 Å². The third-order valence-electron chi connectivity index (χ3n) is 3.40. The van der Waals surface area contributed by atoms with Gasteiger partial charge in [-0.25, -0.2) is 0 Å². The molecule has 1 aliphatic rings. The second kappa shape index (κ2) is 6.57. The number of aliphatic hydroxyl groups excluding tert-OH is 2. The molecule has 106 valence electrons. The molecule has 2 unspecified atom stereocenters. The molecule has 1 saturated heterocycles. The van der Waals surface area contributed by atoms with Crippen molar-refractivity contribution in [1.29, 1.82) is 0 Å². The summed E-state index contributed by atoms with van der Waals surface area (Å²) in [4.78, 5) is 1.95. The summed E-state index contributed by atoms with van der Waals surface area (Å²) in [5.41, 5.74) is 2.01. The van der Waals surface area contributed by atoms with E-state index < -0.39 is 12.2 Å². The molecule has 1 heterocycles. The van der Waals surface area contributed by atoms with E-state index in [4.69, 9.17) is 11.6 Å². The molecule has 3 N–H and O–H groups in total. The fourth-order valence-electron chi connectivity index (χ4n) is 2.26. The standard InChI is InChI=1S/C14H21ClN2O2/c1-2-5-16-7-10-3-4-11(6-12(10)15)17-8-13(18)14(19)9-17/h3-4,6,13-14,16,18-19H,2,5,7-9H2,1H3. The van der Waals surface area contributed by atoms with Crippen molar-refractivity contribution >= 4 is 17.3 Å². The average Bonchev–Trinajstić information content (AvgIpc) is 2.72. The van der Waals surface area contributed by atoms with E-state index in [0.29, 0.717) is 13.1 Å². The third kappa shape index (κ3) is 3.60. The molecule has 2 atom stereocenters. The van der Waals surface area contributed by atoms with E-state index in [1.54, 1.807) is 0 Å². The minimum Gasteiger partial charge on any atom is -0.389 e. The number of hydrogen-bond donors (Lipinski definition) is 3. The molecule has 0 aromatic heterocycles. The highest BCUT2D eigenvalue weighted by molar-refractivity contribution is 6.31. The van der Waals surface area contributed by atoms with Crippen molar-refractivity contribution in [3.05, 3.63) is 28.8 Å². The summed E-state index contributed by atoms with van der Waals surface area (Å²) in [5.74, 6) is 0. The highest BCUT2D eigenvalue weighted by Gasteiger charge is 2.29. The van der Waals surface area contributed by atoms with E-state index in [0.717, 1.165) is 35.8 Å². The first-order valence-electron chi connectivity index (χ1n) is 6.72. The second-order valence-electron chi connectivity index (χ2n) is 4.99. The molecule has 0 radical (unpaired) electrons. The van der Waals surface area contributed by atoms with E-state index in [-0.39, 0.29) is 0 Å². The van der Waals surface area contributed by atoms with Gasteiger partial charge in [-0.2, -0.15) is 0 Å². The predicted octanol–water partition coefficient (Wildman–Crippen LogP) is 1.38. The van der Waals surface area contributed by atoms with E-state index in [1.165, 1.54) is 0 Å². The number of benzene rings is 1. The maximum Gasteiger partial charge on any atom is 0.0990 e. The van der Waals surface area contributed by atoms with Gasteiger partial charge in [0.15, 0.2) is 0 Å². The summed E-state index contributed by atoms with van der Waals surface area (Å²) in [5, 5.41) is 23.2. The number of rotatable bonds is 5. The lowest BCUT2D eigenvalue weighted by Gasteiger charge is -2.19. The summed E-state index contributed by atoms with van der Waals surface area (Å²) in [7, 11) is 0. The van der Waals surface area contributed by atoms with Gasteiger partial charge in [0, 0.05) is 30.3 Å². The lowest BCUT2D eigenvalue weighted by Crippen LogP contribution is -2.22. The number of hydrogen-bond acceptors (Lipinski definition) is 4. The number of nitrogens with one attached hydrogen (secondary N) is 1. The lowest BCUT2D eigenvalue weighted by atomic mass is 10.2. The minimum atomic E-state index is -0.676. The Morgan fingerprint density at radius 2 is 2.00 bits per heavy atom. The van der Waals surface area contributed by atoms with Gasteiger partial charge in [0.05, 0.1) is 12.2 Å². The number of anilines is 1. The first-order chi connectivity index (χ1) is 9.11. The maximum absolute atomic E-state index is 9.56. The Morgan fingerprint density at radius 3 is 2.58 bits per heavy atom. The molecular formula is C14H21ClN2O2. The van der Waals surface area contributed by atoms with Gasteiger partial charge in [0.2, 0.25) is 0 Å². The summed E-state index contributed by atoms with van der Waals surface area (Å²) in [6.07, 6.45) is -0.256. The first-order valence-corrected chi connectivity index (χ1v) is 7.10. The minimum absolute atomic E-state index is 0.449. The van der Waals surface area contributed by atoms with Gasteiger partial charge in [0.25, 0.3) is 0 Å². The summed E-state index contributed by atoms with van der Waals surface area (Å²) in [6.45, 7) is 4.76.